The molecule has 0 bridgehead atoms. The smallest absolute Gasteiger partial charge is 0.310 e. The third-order valence-corrected chi connectivity index (χ3v) is 2.94. The van der Waals surface area contributed by atoms with Crippen LogP contribution in [0.25, 0.3) is 10.8 Å². The number of carbonyl (C=O) groups is 1. The number of carboxylic acid groups (broad SMARTS) is 1. The van der Waals surface area contributed by atoms with E-state index in [2.05, 4.69) is 0 Å². The van der Waals surface area contributed by atoms with E-state index in [1.165, 1.54) is 0 Å². The molecule has 0 spiro atoms. The van der Waals surface area contributed by atoms with Gasteiger partial charge in [0.15, 0.2) is 0 Å². The zero-order valence-electron chi connectivity index (χ0n) is 10.5. The van der Waals surface area contributed by atoms with Crippen molar-refractivity contribution in [2.45, 2.75) is 12.8 Å². The van der Waals surface area contributed by atoms with Crippen LogP contribution in [0.3, 0.4) is 0 Å². The fraction of sp³-hybridized carbons (Fsp3) is 0.214. The quantitative estimate of drug-likeness (QED) is 0.885. The molecule has 0 radical (unpaired) electrons. The number of hydrogen-bond donors (Lipinski definition) is 1. The molecule has 0 aromatic heterocycles. The monoisotopic (exact) mass is 294 g/mol. The molecule has 1 atom stereocenters. The minimum atomic E-state index is -0.808. The third kappa shape index (κ3) is 2.88. The van der Waals surface area contributed by atoms with Crippen LogP contribution < -0.4 is 4.74 Å². The van der Waals surface area contributed by atoms with Crippen molar-refractivity contribution >= 4 is 16.7 Å². The Morgan fingerprint density at radius 3 is 2.39 bits per heavy atom. The Morgan fingerprint density at radius 2 is 1.78 bits per heavy atom. The van der Waals surface area contributed by atoms with Crippen molar-refractivity contribution in [1.82, 2.24) is 0 Å². The summed E-state index contributed by atoms with van der Waals surface area (Å²) in [4.78, 5) is 10.9. The summed E-state index contributed by atoms with van der Waals surface area (Å²) >= 11 is 0. The topological polar surface area (TPSA) is 46.5 Å². The van der Waals surface area contributed by atoms with Gasteiger partial charge in [-0.1, -0.05) is 24.3 Å². The molecule has 4 heteroatoms. The Morgan fingerprint density at radius 1 is 1.17 bits per heavy atom. The normalized spacial score (nSPS) is 11.7. The molecule has 0 aliphatic rings. The summed E-state index contributed by atoms with van der Waals surface area (Å²) in [6.45, 7) is 1.69. The van der Waals surface area contributed by atoms with Crippen LogP contribution in [0.4, 0.5) is 0 Å². The van der Waals surface area contributed by atoms with Gasteiger partial charge in [-0.3, -0.25) is 4.79 Å². The van der Waals surface area contributed by atoms with E-state index in [4.69, 9.17) is 9.84 Å². The van der Waals surface area contributed by atoms with Crippen LogP contribution in [-0.2, 0) is 24.3 Å². The predicted octanol–water partition coefficient (Wildman–Crippen LogP) is 3.03. The molecule has 0 fully saturated rings. The number of fused-ring (bicyclic) bond motifs is 1. The molecule has 3 nitrogen and oxygen atoms in total. The van der Waals surface area contributed by atoms with Crippen molar-refractivity contribution in [3.63, 3.8) is 0 Å². The molecule has 0 aliphatic heterocycles. The van der Waals surface area contributed by atoms with Gasteiger partial charge >= 0.3 is 5.97 Å². The second-order valence-electron chi connectivity index (χ2n) is 4.03. The fourth-order valence-electron chi connectivity index (χ4n) is 1.78. The number of hydrogen-bond acceptors (Lipinski definition) is 2. The van der Waals surface area contributed by atoms with E-state index in [9.17, 15) is 4.79 Å². The van der Waals surface area contributed by atoms with Gasteiger partial charge in [-0.05, 0) is 35.4 Å². The molecule has 1 unspecified atom stereocenters. The largest absolute Gasteiger partial charge is 0.497 e. The van der Waals surface area contributed by atoms with Gasteiger partial charge in [0.1, 0.15) is 5.75 Å². The number of rotatable bonds is 3. The Labute approximate surface area is 119 Å². The van der Waals surface area contributed by atoms with Gasteiger partial charge in [-0.25, -0.2) is 0 Å². The molecule has 0 saturated heterocycles. The summed E-state index contributed by atoms with van der Waals surface area (Å²) in [5, 5.41) is 11.0. The third-order valence-electron chi connectivity index (χ3n) is 2.94. The molecule has 0 saturated carbocycles. The second-order valence-corrected chi connectivity index (χ2v) is 4.03. The van der Waals surface area contributed by atoms with Crippen LogP contribution in [0.15, 0.2) is 36.4 Å². The van der Waals surface area contributed by atoms with E-state index in [-0.39, 0.29) is 19.5 Å². The first-order chi connectivity index (χ1) is 8.11. The molecule has 2 rings (SSSR count). The fourth-order valence-corrected chi connectivity index (χ4v) is 1.78. The van der Waals surface area contributed by atoms with E-state index in [1.54, 1.807) is 14.0 Å². The Kier molecular flexibility index (Phi) is 4.86. The summed E-state index contributed by atoms with van der Waals surface area (Å²) in [7, 11) is 1.63. The summed E-state index contributed by atoms with van der Waals surface area (Å²) in [6, 6.07) is 11.4. The molecule has 2 aromatic rings. The van der Waals surface area contributed by atoms with Gasteiger partial charge in [0.25, 0.3) is 0 Å². The van der Waals surface area contributed by atoms with Crippen molar-refractivity contribution in [3.05, 3.63) is 42.0 Å². The summed E-state index contributed by atoms with van der Waals surface area (Å²) in [5.74, 6) is -0.490. The standard InChI is InChI=1S/C14H14O3.Zn/c1-9(14(15)16)10-3-4-12-8-13(17-2)6-5-11(12)7-10;/h3-9H,1-2H3,(H,15,16);. The van der Waals surface area contributed by atoms with Crippen LogP contribution in [0.1, 0.15) is 18.4 Å². The predicted molar refractivity (Wildman–Crippen MR) is 66.6 cm³/mol. The van der Waals surface area contributed by atoms with Gasteiger partial charge in [0, 0.05) is 19.5 Å². The molecule has 18 heavy (non-hydrogen) atoms. The minimum Gasteiger partial charge on any atom is -0.497 e. The maximum absolute atomic E-state index is 10.9. The maximum atomic E-state index is 10.9. The van der Waals surface area contributed by atoms with E-state index in [1.807, 2.05) is 36.4 Å². The van der Waals surface area contributed by atoms with Crippen molar-refractivity contribution < 1.29 is 34.1 Å². The second kappa shape index (κ2) is 5.97. The van der Waals surface area contributed by atoms with Crippen LogP contribution >= 0.6 is 0 Å². The number of benzene rings is 2. The van der Waals surface area contributed by atoms with E-state index < -0.39 is 11.9 Å². The van der Waals surface area contributed by atoms with Gasteiger partial charge < -0.3 is 9.84 Å². The van der Waals surface area contributed by atoms with Crippen LogP contribution in [0.5, 0.6) is 5.75 Å². The summed E-state index contributed by atoms with van der Waals surface area (Å²) < 4.78 is 5.14. The molecular weight excluding hydrogens is 282 g/mol. The van der Waals surface area contributed by atoms with Crippen molar-refractivity contribution in [2.24, 2.45) is 0 Å². The Hall–Kier alpha value is -1.41. The maximum Gasteiger partial charge on any atom is 0.310 e. The summed E-state index contributed by atoms with van der Waals surface area (Å²) in [5.41, 5.74) is 0.815. The first kappa shape index (κ1) is 14.7. The minimum absolute atomic E-state index is 0. The van der Waals surface area contributed by atoms with Crippen molar-refractivity contribution in [1.29, 1.82) is 0 Å². The Balaban J connectivity index is 0.00000162. The first-order valence-electron chi connectivity index (χ1n) is 5.42. The van der Waals surface area contributed by atoms with Crippen molar-refractivity contribution in [3.8, 4) is 5.75 Å². The van der Waals surface area contributed by atoms with Crippen LogP contribution in [0, 0.1) is 0 Å². The van der Waals surface area contributed by atoms with Gasteiger partial charge in [0.05, 0.1) is 13.0 Å². The molecule has 0 aliphatic carbocycles. The van der Waals surface area contributed by atoms with Gasteiger partial charge in [-0.2, -0.15) is 0 Å². The van der Waals surface area contributed by atoms with Gasteiger partial charge in [-0.15, -0.1) is 0 Å². The van der Waals surface area contributed by atoms with Crippen molar-refractivity contribution in [2.75, 3.05) is 7.11 Å². The molecular formula is C14H14O3Zn. The number of carboxylic acids is 1. The molecule has 90 valence electrons. The Bertz CT molecular complexity index is 566. The van der Waals surface area contributed by atoms with Gasteiger partial charge in [0.2, 0.25) is 0 Å². The molecule has 0 amide bonds. The van der Waals surface area contributed by atoms with Crippen LogP contribution in [-0.4, -0.2) is 18.2 Å². The average molecular weight is 296 g/mol. The molecule has 0 heterocycles. The number of ether oxygens (including phenoxy) is 1. The van der Waals surface area contributed by atoms with E-state index in [0.717, 1.165) is 22.1 Å². The zero-order chi connectivity index (χ0) is 12.4. The van der Waals surface area contributed by atoms with E-state index >= 15 is 0 Å². The first-order valence-corrected chi connectivity index (χ1v) is 5.42. The molecule has 2 aromatic carbocycles. The summed E-state index contributed by atoms with van der Waals surface area (Å²) in [6.07, 6.45) is 0. The molecule has 1 N–H and O–H groups in total. The zero-order valence-corrected chi connectivity index (χ0v) is 13.5. The average Bonchev–Trinajstić information content (AvgIpc) is 2.36. The van der Waals surface area contributed by atoms with Crippen LogP contribution in [0.2, 0.25) is 0 Å². The SMILES string of the molecule is COc1ccc2cc(C(C)C(=O)O)ccc2c1.[Zn]. The number of aliphatic carboxylic acids is 1. The number of methoxy groups -OCH3 is 1. The van der Waals surface area contributed by atoms with E-state index in [0.29, 0.717) is 0 Å².